The lowest BCUT2D eigenvalue weighted by molar-refractivity contribution is 0.630. The Morgan fingerprint density at radius 2 is 1.86 bits per heavy atom. The molecule has 0 fully saturated rings. The lowest BCUT2D eigenvalue weighted by Crippen LogP contribution is -2.02. The summed E-state index contributed by atoms with van der Waals surface area (Å²) in [4.78, 5) is 0. The lowest BCUT2D eigenvalue weighted by Gasteiger charge is -2.12. The van der Waals surface area contributed by atoms with Gasteiger partial charge in [-0.25, -0.2) is 0 Å². The predicted molar refractivity (Wildman–Crippen MR) is 55.8 cm³/mol. The Kier molecular flexibility index (Phi) is 3.56. The summed E-state index contributed by atoms with van der Waals surface area (Å²) in [5.41, 5.74) is 2.25. The predicted octanol–water partition coefficient (Wildman–Crippen LogP) is 2.22. The van der Waals surface area contributed by atoms with Crippen LogP contribution in [0.3, 0.4) is 0 Å². The molecule has 0 aliphatic heterocycles. The van der Waals surface area contributed by atoms with E-state index in [0.717, 1.165) is 29.8 Å². The maximum atomic E-state index is 3.99. The number of nitrogens with one attached hydrogen (secondary N) is 1. The number of aromatic amines is 1. The van der Waals surface area contributed by atoms with Crippen LogP contribution < -0.4 is 0 Å². The number of tetrazole rings is 1. The molecule has 0 aliphatic rings. The summed E-state index contributed by atoms with van der Waals surface area (Å²) in [5.74, 6) is 1.000. The van der Waals surface area contributed by atoms with Crippen molar-refractivity contribution in [2.45, 2.75) is 32.6 Å². The molecule has 0 spiro atoms. The number of H-pyrrole nitrogens is 1. The molecule has 1 aromatic rings. The molecular weight excluding hydrogens is 176 g/mol. The smallest absolute Gasteiger partial charge is 0.177 e. The standard InChI is InChI=1S/C10H16N4/c1-7(2)5-9(6-8(3)4)10-11-13-14-12-10/h9H,1,3,5-6H2,2,4H3,(H,11,12,13,14). The number of hydrogen-bond donors (Lipinski definition) is 1. The Bertz CT molecular complexity index is 297. The Hall–Kier alpha value is -1.45. The zero-order valence-electron chi connectivity index (χ0n) is 8.75. The van der Waals surface area contributed by atoms with Gasteiger partial charge < -0.3 is 0 Å². The van der Waals surface area contributed by atoms with Gasteiger partial charge in [-0.2, -0.15) is 5.21 Å². The Morgan fingerprint density at radius 1 is 1.29 bits per heavy atom. The second-order valence-electron chi connectivity index (χ2n) is 3.79. The quantitative estimate of drug-likeness (QED) is 0.728. The molecule has 0 atom stereocenters. The molecule has 0 saturated carbocycles. The van der Waals surface area contributed by atoms with Crippen LogP contribution in [0.1, 0.15) is 38.4 Å². The third kappa shape index (κ3) is 3.12. The largest absolute Gasteiger partial charge is 0.178 e. The minimum absolute atomic E-state index is 0.253. The van der Waals surface area contributed by atoms with E-state index in [0.29, 0.717) is 0 Å². The third-order valence-electron chi connectivity index (χ3n) is 1.92. The fourth-order valence-corrected chi connectivity index (χ4v) is 1.44. The van der Waals surface area contributed by atoms with Crippen LogP contribution in [0.5, 0.6) is 0 Å². The molecule has 1 aromatic heterocycles. The molecule has 76 valence electrons. The summed E-state index contributed by atoms with van der Waals surface area (Å²) in [6.45, 7) is 11.8. The Morgan fingerprint density at radius 3 is 2.21 bits per heavy atom. The molecular formula is C10H16N4. The normalized spacial score (nSPS) is 10.5. The fraction of sp³-hybridized carbons (Fsp3) is 0.500. The van der Waals surface area contributed by atoms with Gasteiger partial charge >= 0.3 is 0 Å². The van der Waals surface area contributed by atoms with Crippen molar-refractivity contribution in [3.63, 3.8) is 0 Å². The van der Waals surface area contributed by atoms with Gasteiger partial charge in [-0.1, -0.05) is 16.4 Å². The highest BCUT2D eigenvalue weighted by Gasteiger charge is 2.16. The van der Waals surface area contributed by atoms with Crippen LogP contribution in [-0.4, -0.2) is 20.6 Å². The van der Waals surface area contributed by atoms with E-state index >= 15 is 0 Å². The van der Waals surface area contributed by atoms with E-state index in [1.165, 1.54) is 0 Å². The van der Waals surface area contributed by atoms with E-state index in [-0.39, 0.29) is 5.92 Å². The molecule has 1 rings (SSSR count). The van der Waals surface area contributed by atoms with E-state index in [9.17, 15) is 0 Å². The average molecular weight is 192 g/mol. The monoisotopic (exact) mass is 192 g/mol. The molecule has 14 heavy (non-hydrogen) atoms. The molecule has 1 heterocycles. The van der Waals surface area contributed by atoms with Crippen molar-refractivity contribution >= 4 is 0 Å². The van der Waals surface area contributed by atoms with E-state index in [2.05, 4.69) is 33.8 Å². The summed E-state index contributed by atoms with van der Waals surface area (Å²) in [5, 5.41) is 14.0. The fourth-order valence-electron chi connectivity index (χ4n) is 1.44. The lowest BCUT2D eigenvalue weighted by atomic mass is 9.94. The number of hydrogen-bond acceptors (Lipinski definition) is 3. The van der Waals surface area contributed by atoms with E-state index in [1.807, 2.05) is 13.8 Å². The van der Waals surface area contributed by atoms with Gasteiger partial charge in [-0.3, -0.25) is 0 Å². The first-order valence-electron chi connectivity index (χ1n) is 4.61. The summed E-state index contributed by atoms with van der Waals surface area (Å²) in [6, 6.07) is 0. The Labute approximate surface area is 84.1 Å². The van der Waals surface area contributed by atoms with Crippen LogP contribution in [0.2, 0.25) is 0 Å². The minimum atomic E-state index is 0.253. The van der Waals surface area contributed by atoms with Crippen molar-refractivity contribution in [1.82, 2.24) is 20.6 Å². The van der Waals surface area contributed by atoms with Gasteiger partial charge in [0.2, 0.25) is 0 Å². The number of nitrogens with zero attached hydrogens (tertiary/aromatic N) is 3. The van der Waals surface area contributed by atoms with Crippen LogP contribution >= 0.6 is 0 Å². The summed E-state index contributed by atoms with van der Waals surface area (Å²) >= 11 is 0. The first-order chi connectivity index (χ1) is 6.59. The van der Waals surface area contributed by atoms with Gasteiger partial charge in [0, 0.05) is 5.92 Å². The third-order valence-corrected chi connectivity index (χ3v) is 1.92. The average Bonchev–Trinajstić information content (AvgIpc) is 2.52. The van der Waals surface area contributed by atoms with Crippen LogP contribution in [0.4, 0.5) is 0 Å². The highest BCUT2D eigenvalue weighted by atomic mass is 15.5. The zero-order valence-corrected chi connectivity index (χ0v) is 8.75. The highest BCUT2D eigenvalue weighted by Crippen LogP contribution is 2.25. The van der Waals surface area contributed by atoms with Gasteiger partial charge in [0.05, 0.1) is 0 Å². The van der Waals surface area contributed by atoms with Crippen molar-refractivity contribution < 1.29 is 0 Å². The molecule has 4 nitrogen and oxygen atoms in total. The van der Waals surface area contributed by atoms with E-state index < -0.39 is 0 Å². The van der Waals surface area contributed by atoms with E-state index in [1.54, 1.807) is 0 Å². The van der Waals surface area contributed by atoms with E-state index in [4.69, 9.17) is 0 Å². The van der Waals surface area contributed by atoms with Gasteiger partial charge in [0.25, 0.3) is 0 Å². The maximum Gasteiger partial charge on any atom is 0.178 e. The SMILES string of the molecule is C=C(C)CC(CC(=C)C)c1nn[nH]n1. The van der Waals surface area contributed by atoms with Crippen molar-refractivity contribution in [1.29, 1.82) is 0 Å². The molecule has 1 N–H and O–H groups in total. The second-order valence-corrected chi connectivity index (χ2v) is 3.79. The first-order valence-corrected chi connectivity index (χ1v) is 4.61. The summed E-state index contributed by atoms with van der Waals surface area (Å²) in [7, 11) is 0. The highest BCUT2D eigenvalue weighted by molar-refractivity contribution is 5.06. The minimum Gasteiger partial charge on any atom is -0.177 e. The maximum absolute atomic E-state index is 3.99. The molecule has 0 aromatic carbocycles. The molecule has 0 saturated heterocycles. The number of allylic oxidation sites excluding steroid dienone is 2. The van der Waals surface area contributed by atoms with Crippen LogP contribution in [0.15, 0.2) is 24.3 Å². The summed E-state index contributed by atoms with van der Waals surface area (Å²) in [6.07, 6.45) is 1.76. The van der Waals surface area contributed by atoms with Crippen molar-refractivity contribution in [3.8, 4) is 0 Å². The second kappa shape index (κ2) is 4.69. The topological polar surface area (TPSA) is 54.5 Å². The van der Waals surface area contributed by atoms with Crippen molar-refractivity contribution in [3.05, 3.63) is 30.1 Å². The van der Waals surface area contributed by atoms with Gasteiger partial charge in [0.15, 0.2) is 5.82 Å². The zero-order chi connectivity index (χ0) is 10.6. The Balaban J connectivity index is 2.71. The molecule has 0 radical (unpaired) electrons. The van der Waals surface area contributed by atoms with Gasteiger partial charge in [-0.05, 0) is 26.7 Å². The molecule has 0 unspecified atom stereocenters. The number of rotatable bonds is 5. The molecule has 0 bridgehead atoms. The van der Waals surface area contributed by atoms with Gasteiger partial charge in [0.1, 0.15) is 0 Å². The summed E-state index contributed by atoms with van der Waals surface area (Å²) < 4.78 is 0. The molecule has 4 heteroatoms. The van der Waals surface area contributed by atoms with Crippen LogP contribution in [-0.2, 0) is 0 Å². The van der Waals surface area contributed by atoms with Crippen LogP contribution in [0, 0.1) is 0 Å². The number of aromatic nitrogens is 4. The van der Waals surface area contributed by atoms with Crippen LogP contribution in [0.25, 0.3) is 0 Å². The van der Waals surface area contributed by atoms with Crippen molar-refractivity contribution in [2.75, 3.05) is 0 Å². The molecule has 0 aliphatic carbocycles. The molecule has 0 amide bonds. The first kappa shape index (κ1) is 10.6. The van der Waals surface area contributed by atoms with Gasteiger partial charge in [-0.15, -0.1) is 23.4 Å². The van der Waals surface area contributed by atoms with Crippen molar-refractivity contribution in [2.24, 2.45) is 0 Å².